The Labute approximate surface area is 147 Å². The Hall–Kier alpha value is -2.63. The van der Waals surface area contributed by atoms with Crippen molar-refractivity contribution in [3.8, 4) is 0 Å². The summed E-state index contributed by atoms with van der Waals surface area (Å²) in [6, 6.07) is 11.0. The molecule has 132 valence electrons. The van der Waals surface area contributed by atoms with Gasteiger partial charge < -0.3 is 10.0 Å². The molecule has 0 bridgehead atoms. The zero-order valence-corrected chi connectivity index (χ0v) is 14.1. The summed E-state index contributed by atoms with van der Waals surface area (Å²) in [6.45, 7) is 1.34. The number of carboxylic acid groups (broad SMARTS) is 1. The molecule has 1 aliphatic rings. The predicted molar refractivity (Wildman–Crippen MR) is 93.0 cm³/mol. The summed E-state index contributed by atoms with van der Waals surface area (Å²) in [4.78, 5) is 25.9. The molecule has 0 radical (unpaired) electrons. The number of carbonyl (C=O) groups is 2. The van der Waals surface area contributed by atoms with Gasteiger partial charge in [-0.15, -0.1) is 0 Å². The Morgan fingerprint density at radius 3 is 2.72 bits per heavy atom. The zero-order valence-electron chi connectivity index (χ0n) is 14.1. The van der Waals surface area contributed by atoms with E-state index in [9.17, 15) is 9.59 Å². The molecule has 0 aliphatic carbocycles. The van der Waals surface area contributed by atoms with Gasteiger partial charge in [0.1, 0.15) is 0 Å². The van der Waals surface area contributed by atoms with E-state index < -0.39 is 12.0 Å². The van der Waals surface area contributed by atoms with Gasteiger partial charge in [0.05, 0.1) is 0 Å². The molecule has 1 aromatic heterocycles. The fourth-order valence-electron chi connectivity index (χ4n) is 3.48. The number of benzene rings is 1. The van der Waals surface area contributed by atoms with E-state index in [0.29, 0.717) is 19.5 Å². The topological polar surface area (TPSA) is 75.4 Å². The normalized spacial score (nSPS) is 18.7. The SMILES string of the molecule is O=C(O)CCC1CCCN(C(=O)C(c2ccccc2)n2cccn2)C1. The van der Waals surface area contributed by atoms with E-state index in [1.807, 2.05) is 41.3 Å². The van der Waals surface area contributed by atoms with Crippen LogP contribution in [0.1, 0.15) is 37.3 Å². The van der Waals surface area contributed by atoms with E-state index in [4.69, 9.17) is 5.11 Å². The van der Waals surface area contributed by atoms with Gasteiger partial charge in [-0.25, -0.2) is 0 Å². The molecule has 6 heteroatoms. The Morgan fingerprint density at radius 1 is 1.24 bits per heavy atom. The molecule has 3 rings (SSSR count). The summed E-state index contributed by atoms with van der Waals surface area (Å²) in [6.07, 6.45) is 6.16. The third-order valence-electron chi connectivity index (χ3n) is 4.74. The highest BCUT2D eigenvalue weighted by Crippen LogP contribution is 2.26. The molecule has 1 amide bonds. The first-order valence-corrected chi connectivity index (χ1v) is 8.70. The van der Waals surface area contributed by atoms with Crippen LogP contribution in [0.3, 0.4) is 0 Å². The second-order valence-corrected chi connectivity index (χ2v) is 6.52. The van der Waals surface area contributed by atoms with Gasteiger partial charge in [-0.05, 0) is 36.8 Å². The van der Waals surface area contributed by atoms with Crippen LogP contribution < -0.4 is 0 Å². The molecule has 1 aromatic carbocycles. The molecule has 2 aromatic rings. The smallest absolute Gasteiger partial charge is 0.303 e. The Bertz CT molecular complexity index is 700. The quantitative estimate of drug-likeness (QED) is 0.876. The Morgan fingerprint density at radius 2 is 2.04 bits per heavy atom. The van der Waals surface area contributed by atoms with Crippen LogP contribution in [-0.2, 0) is 9.59 Å². The third kappa shape index (κ3) is 4.26. The fourth-order valence-corrected chi connectivity index (χ4v) is 3.48. The Balaban J connectivity index is 1.77. The van der Waals surface area contributed by atoms with Crippen LogP contribution in [-0.4, -0.2) is 44.8 Å². The van der Waals surface area contributed by atoms with E-state index in [-0.39, 0.29) is 18.2 Å². The van der Waals surface area contributed by atoms with Crippen LogP contribution in [0.2, 0.25) is 0 Å². The van der Waals surface area contributed by atoms with Gasteiger partial charge in [0, 0.05) is 31.9 Å². The number of amides is 1. The van der Waals surface area contributed by atoms with Gasteiger partial charge in [-0.3, -0.25) is 14.3 Å². The van der Waals surface area contributed by atoms with Crippen LogP contribution in [0.25, 0.3) is 0 Å². The molecular weight excluding hydrogens is 318 g/mol. The summed E-state index contributed by atoms with van der Waals surface area (Å²) >= 11 is 0. The van der Waals surface area contributed by atoms with Gasteiger partial charge in [-0.1, -0.05) is 30.3 Å². The summed E-state index contributed by atoms with van der Waals surface area (Å²) in [7, 11) is 0. The first-order valence-electron chi connectivity index (χ1n) is 8.70. The lowest BCUT2D eigenvalue weighted by atomic mass is 9.92. The monoisotopic (exact) mass is 341 g/mol. The fraction of sp³-hybridized carbons (Fsp3) is 0.421. The minimum atomic E-state index is -0.776. The van der Waals surface area contributed by atoms with Crippen molar-refractivity contribution in [2.24, 2.45) is 5.92 Å². The van der Waals surface area contributed by atoms with E-state index in [1.165, 1.54) is 0 Å². The van der Waals surface area contributed by atoms with Crippen molar-refractivity contribution in [3.63, 3.8) is 0 Å². The first-order chi connectivity index (χ1) is 12.1. The third-order valence-corrected chi connectivity index (χ3v) is 4.74. The summed E-state index contributed by atoms with van der Waals surface area (Å²) in [5.74, 6) is -0.500. The molecule has 1 fully saturated rings. The lowest BCUT2D eigenvalue weighted by molar-refractivity contribution is -0.137. The van der Waals surface area contributed by atoms with Crippen LogP contribution >= 0.6 is 0 Å². The number of hydrogen-bond donors (Lipinski definition) is 1. The molecule has 2 atom stereocenters. The molecule has 1 aliphatic heterocycles. The molecule has 6 nitrogen and oxygen atoms in total. The van der Waals surface area contributed by atoms with Gasteiger partial charge in [-0.2, -0.15) is 5.10 Å². The van der Waals surface area contributed by atoms with Crippen molar-refractivity contribution in [1.82, 2.24) is 14.7 Å². The second-order valence-electron chi connectivity index (χ2n) is 6.52. The lowest BCUT2D eigenvalue weighted by Gasteiger charge is -2.35. The number of likely N-dealkylation sites (tertiary alicyclic amines) is 1. The number of nitrogens with zero attached hydrogens (tertiary/aromatic N) is 3. The molecular formula is C19H23N3O3. The average Bonchev–Trinajstić information content (AvgIpc) is 3.15. The van der Waals surface area contributed by atoms with Crippen molar-refractivity contribution < 1.29 is 14.7 Å². The number of aromatic nitrogens is 2. The largest absolute Gasteiger partial charge is 0.481 e. The van der Waals surface area contributed by atoms with Gasteiger partial charge >= 0.3 is 5.97 Å². The van der Waals surface area contributed by atoms with Crippen LogP contribution in [0, 0.1) is 5.92 Å². The number of carboxylic acids is 1. The summed E-state index contributed by atoms with van der Waals surface area (Å²) in [5, 5.41) is 13.2. The highest BCUT2D eigenvalue weighted by molar-refractivity contribution is 5.83. The number of hydrogen-bond acceptors (Lipinski definition) is 3. The molecule has 2 heterocycles. The van der Waals surface area contributed by atoms with Gasteiger partial charge in [0.2, 0.25) is 0 Å². The van der Waals surface area contributed by atoms with Crippen LogP contribution in [0.15, 0.2) is 48.8 Å². The van der Waals surface area contributed by atoms with Crippen molar-refractivity contribution in [2.75, 3.05) is 13.1 Å². The van der Waals surface area contributed by atoms with E-state index in [2.05, 4.69) is 5.10 Å². The van der Waals surface area contributed by atoms with Gasteiger partial charge in [0.25, 0.3) is 5.91 Å². The second kappa shape index (κ2) is 7.96. The number of carbonyl (C=O) groups excluding carboxylic acids is 1. The van der Waals surface area contributed by atoms with Crippen LogP contribution in [0.4, 0.5) is 0 Å². The Kier molecular flexibility index (Phi) is 5.48. The zero-order chi connectivity index (χ0) is 17.6. The first kappa shape index (κ1) is 17.2. The van der Waals surface area contributed by atoms with Crippen molar-refractivity contribution in [1.29, 1.82) is 0 Å². The highest BCUT2D eigenvalue weighted by Gasteiger charge is 2.31. The van der Waals surface area contributed by atoms with Crippen LogP contribution in [0.5, 0.6) is 0 Å². The number of piperidine rings is 1. The summed E-state index contributed by atoms with van der Waals surface area (Å²) in [5.41, 5.74) is 0.906. The number of aliphatic carboxylic acids is 1. The minimum absolute atomic E-state index is 0.0231. The average molecular weight is 341 g/mol. The minimum Gasteiger partial charge on any atom is -0.481 e. The molecule has 0 saturated carbocycles. The summed E-state index contributed by atoms with van der Waals surface area (Å²) < 4.78 is 1.69. The molecule has 1 saturated heterocycles. The standard InChI is InChI=1S/C19H23N3O3/c23-17(24)10-9-15-6-4-12-21(14-15)19(25)18(22-13-5-11-20-22)16-7-2-1-3-8-16/h1-3,5,7-8,11,13,15,18H,4,6,9-10,12,14H2,(H,23,24). The molecule has 0 spiro atoms. The molecule has 1 N–H and O–H groups in total. The maximum absolute atomic E-state index is 13.2. The van der Waals surface area contributed by atoms with E-state index >= 15 is 0 Å². The van der Waals surface area contributed by atoms with Crippen molar-refractivity contribution in [3.05, 3.63) is 54.4 Å². The van der Waals surface area contributed by atoms with Crippen molar-refractivity contribution >= 4 is 11.9 Å². The maximum Gasteiger partial charge on any atom is 0.303 e. The molecule has 2 unspecified atom stereocenters. The number of rotatable bonds is 6. The molecule has 25 heavy (non-hydrogen) atoms. The van der Waals surface area contributed by atoms with E-state index in [0.717, 1.165) is 18.4 Å². The van der Waals surface area contributed by atoms with Crippen molar-refractivity contribution in [2.45, 2.75) is 31.7 Å². The lowest BCUT2D eigenvalue weighted by Crippen LogP contribution is -2.44. The van der Waals surface area contributed by atoms with E-state index in [1.54, 1.807) is 17.1 Å². The highest BCUT2D eigenvalue weighted by atomic mass is 16.4. The maximum atomic E-state index is 13.2. The van der Waals surface area contributed by atoms with Gasteiger partial charge in [0.15, 0.2) is 6.04 Å². The predicted octanol–water partition coefficient (Wildman–Crippen LogP) is 2.58.